The Hall–Kier alpha value is -0.780. The molecule has 0 amide bonds. The van der Waals surface area contributed by atoms with Crippen LogP contribution in [0.2, 0.25) is 0 Å². The molecule has 0 heterocycles. The predicted molar refractivity (Wildman–Crippen MR) is 35.8 cm³/mol. The Bertz CT molecular complexity index is 141. The fourth-order valence-electron chi connectivity index (χ4n) is 0.714. The molecule has 0 N–H and O–H groups in total. The summed E-state index contributed by atoms with van der Waals surface area (Å²) in [6.07, 6.45) is 1.14. The van der Waals surface area contributed by atoms with Crippen molar-refractivity contribution in [3.63, 3.8) is 0 Å². The van der Waals surface area contributed by atoms with Crippen molar-refractivity contribution in [1.29, 1.82) is 0 Å². The van der Waals surface area contributed by atoms with Crippen LogP contribution in [0.5, 0.6) is 0 Å². The number of aryl methyl sites for hydroxylation is 1. The van der Waals surface area contributed by atoms with E-state index in [0.29, 0.717) is 0 Å². The highest BCUT2D eigenvalue weighted by Crippen LogP contribution is 1.96. The fourth-order valence-corrected chi connectivity index (χ4v) is 0.714. The van der Waals surface area contributed by atoms with E-state index >= 15 is 0 Å². The van der Waals surface area contributed by atoms with Crippen molar-refractivity contribution in [2.24, 2.45) is 0 Å². The molecular formula is C8H10. The lowest BCUT2D eigenvalue weighted by Crippen LogP contribution is -1.73. The summed E-state index contributed by atoms with van der Waals surface area (Å²) in [5.74, 6) is 0. The van der Waals surface area contributed by atoms with Crippen molar-refractivity contribution in [1.82, 2.24) is 0 Å². The number of rotatable bonds is 1. The largest absolute Gasteiger partial charge is 0.0622 e. The molecule has 0 saturated heterocycles. The van der Waals surface area contributed by atoms with Gasteiger partial charge in [0.15, 0.2) is 0 Å². The van der Waals surface area contributed by atoms with Crippen LogP contribution in [-0.2, 0) is 6.42 Å². The predicted octanol–water partition coefficient (Wildman–Crippen LogP) is 2.25. The van der Waals surface area contributed by atoms with Crippen LogP contribution in [0.3, 0.4) is 0 Å². The number of hydrogen-bond acceptors (Lipinski definition) is 0. The minimum Gasteiger partial charge on any atom is -0.0622 e. The zero-order chi connectivity index (χ0) is 5.82. The van der Waals surface area contributed by atoms with E-state index in [2.05, 4.69) is 31.2 Å². The molecule has 0 unspecified atom stereocenters. The third kappa shape index (κ3) is 1.09. The molecule has 0 aliphatic heterocycles. The Balaban J connectivity index is 2.83. The number of hydrogen-bond donors (Lipinski definition) is 0. The quantitative estimate of drug-likeness (QED) is 0.484. The van der Waals surface area contributed by atoms with E-state index in [4.69, 9.17) is 0 Å². The van der Waals surface area contributed by atoms with Crippen LogP contribution in [0, 0.1) is 0 Å². The molecule has 0 saturated carbocycles. The summed E-state index contributed by atoms with van der Waals surface area (Å²) in [5.41, 5.74) is 1.41. The summed E-state index contributed by atoms with van der Waals surface area (Å²) >= 11 is 0. The molecule has 0 aliphatic carbocycles. The second-order valence-electron chi connectivity index (χ2n) is 1.84. The van der Waals surface area contributed by atoms with E-state index in [0.717, 1.165) is 6.42 Å². The van der Waals surface area contributed by atoms with Crippen molar-refractivity contribution in [3.05, 3.63) is 35.9 Å². The zero-order valence-corrected chi connectivity index (χ0v) is 5.09. The SMILES string of the molecule is [13CH3][13CH2]c1ccccc1. The van der Waals surface area contributed by atoms with E-state index in [9.17, 15) is 0 Å². The lowest BCUT2D eigenvalue weighted by Gasteiger charge is -1.89. The molecule has 0 bridgehead atoms. The highest BCUT2D eigenvalue weighted by Gasteiger charge is 1.79. The molecule has 42 valence electrons. The molecular weight excluding hydrogens is 98.1 g/mol. The molecule has 1 aromatic carbocycles. The summed E-state index contributed by atoms with van der Waals surface area (Å²) in [4.78, 5) is 0. The maximum absolute atomic E-state index is 2.16. The van der Waals surface area contributed by atoms with Crippen molar-refractivity contribution in [3.8, 4) is 0 Å². The standard InChI is InChI=1S/C8H10/c1-2-8-6-4-3-5-7-8/h3-7H,2H2,1H3/i1+1,2+1. The molecule has 0 aromatic heterocycles. The molecule has 1 aromatic rings. The minimum absolute atomic E-state index is 1.14. The summed E-state index contributed by atoms with van der Waals surface area (Å²) in [7, 11) is 0. The van der Waals surface area contributed by atoms with Crippen LogP contribution < -0.4 is 0 Å². The van der Waals surface area contributed by atoms with Crippen LogP contribution in [0.15, 0.2) is 30.3 Å². The Labute approximate surface area is 50.2 Å². The third-order valence-corrected chi connectivity index (χ3v) is 1.25. The van der Waals surface area contributed by atoms with Crippen molar-refractivity contribution in [2.45, 2.75) is 13.3 Å². The second kappa shape index (κ2) is 2.51. The van der Waals surface area contributed by atoms with Gasteiger partial charge < -0.3 is 0 Å². The minimum atomic E-state index is 1.14. The van der Waals surface area contributed by atoms with Gasteiger partial charge in [-0.15, -0.1) is 0 Å². The topological polar surface area (TPSA) is 0 Å². The van der Waals surface area contributed by atoms with Gasteiger partial charge in [-0.1, -0.05) is 37.3 Å². The first-order valence-corrected chi connectivity index (χ1v) is 2.97. The van der Waals surface area contributed by atoms with Crippen LogP contribution in [-0.4, -0.2) is 0 Å². The summed E-state index contributed by atoms with van der Waals surface area (Å²) in [5, 5.41) is 0. The smallest absolute Gasteiger partial charge is 0.0307 e. The lowest BCUT2D eigenvalue weighted by molar-refractivity contribution is 1.14. The van der Waals surface area contributed by atoms with Gasteiger partial charge in [-0.3, -0.25) is 0 Å². The van der Waals surface area contributed by atoms with Gasteiger partial charge in [0, 0.05) is 0 Å². The van der Waals surface area contributed by atoms with Crippen molar-refractivity contribution in [2.75, 3.05) is 0 Å². The normalized spacial score (nSPS) is 9.12. The van der Waals surface area contributed by atoms with E-state index in [1.165, 1.54) is 5.56 Å². The van der Waals surface area contributed by atoms with E-state index in [-0.39, 0.29) is 0 Å². The third-order valence-electron chi connectivity index (χ3n) is 1.25. The van der Waals surface area contributed by atoms with Crippen LogP contribution in [0.4, 0.5) is 0 Å². The maximum atomic E-state index is 2.16. The molecule has 0 spiro atoms. The molecule has 0 fully saturated rings. The molecule has 0 atom stereocenters. The van der Waals surface area contributed by atoms with Gasteiger partial charge in [0.25, 0.3) is 0 Å². The summed E-state index contributed by atoms with van der Waals surface area (Å²) < 4.78 is 0. The molecule has 1 rings (SSSR count). The van der Waals surface area contributed by atoms with E-state index < -0.39 is 0 Å². The monoisotopic (exact) mass is 108 g/mol. The van der Waals surface area contributed by atoms with Crippen molar-refractivity contribution >= 4 is 0 Å². The summed E-state index contributed by atoms with van der Waals surface area (Å²) in [6.45, 7) is 2.16. The van der Waals surface area contributed by atoms with E-state index in [1.54, 1.807) is 0 Å². The van der Waals surface area contributed by atoms with Gasteiger partial charge in [-0.05, 0) is 12.0 Å². The van der Waals surface area contributed by atoms with Gasteiger partial charge in [0.2, 0.25) is 0 Å². The van der Waals surface area contributed by atoms with Gasteiger partial charge >= 0.3 is 0 Å². The van der Waals surface area contributed by atoms with Crippen LogP contribution in [0.25, 0.3) is 0 Å². The Morgan fingerprint density at radius 1 is 1.12 bits per heavy atom. The molecule has 0 nitrogen and oxygen atoms in total. The first-order chi connectivity index (χ1) is 3.93. The average molecular weight is 108 g/mol. The van der Waals surface area contributed by atoms with Crippen LogP contribution >= 0.6 is 0 Å². The molecule has 0 aliphatic rings. The lowest BCUT2D eigenvalue weighted by atomic mass is 10.3. The Kier molecular flexibility index (Phi) is 1.68. The maximum Gasteiger partial charge on any atom is -0.0307 e. The summed E-state index contributed by atoms with van der Waals surface area (Å²) in [6, 6.07) is 10.5. The first-order valence-electron chi connectivity index (χ1n) is 2.97. The fraction of sp³-hybridized carbons (Fsp3) is 0.250. The molecule has 0 heteroatoms. The second-order valence-corrected chi connectivity index (χ2v) is 1.84. The van der Waals surface area contributed by atoms with Gasteiger partial charge in [-0.25, -0.2) is 0 Å². The Morgan fingerprint density at radius 3 is 2.12 bits per heavy atom. The van der Waals surface area contributed by atoms with Gasteiger partial charge in [-0.2, -0.15) is 0 Å². The average Bonchev–Trinajstić information content (AvgIpc) is 1.90. The molecule has 0 radical (unpaired) electrons. The number of benzene rings is 1. The van der Waals surface area contributed by atoms with E-state index in [1.807, 2.05) is 6.07 Å². The highest BCUT2D eigenvalue weighted by atomic mass is 14.4. The first kappa shape index (κ1) is 5.36. The molecule has 8 heavy (non-hydrogen) atoms. The van der Waals surface area contributed by atoms with Crippen LogP contribution in [0.1, 0.15) is 12.5 Å². The zero-order valence-electron chi connectivity index (χ0n) is 5.09. The van der Waals surface area contributed by atoms with Gasteiger partial charge in [0.1, 0.15) is 0 Å². The Morgan fingerprint density at radius 2 is 1.75 bits per heavy atom. The van der Waals surface area contributed by atoms with Crippen molar-refractivity contribution < 1.29 is 0 Å². The van der Waals surface area contributed by atoms with Gasteiger partial charge in [0.05, 0.1) is 0 Å². The highest BCUT2D eigenvalue weighted by molar-refractivity contribution is 5.13.